The van der Waals surface area contributed by atoms with Gasteiger partial charge in [0.15, 0.2) is 9.84 Å². The van der Waals surface area contributed by atoms with Crippen molar-refractivity contribution >= 4 is 37.4 Å². The Kier molecular flexibility index (Phi) is 3.38. The molecule has 0 fully saturated rings. The zero-order chi connectivity index (χ0) is 10.1. The quantitative estimate of drug-likeness (QED) is 0.782. The van der Waals surface area contributed by atoms with Crippen LogP contribution in [-0.4, -0.2) is 14.7 Å². The number of alkyl halides is 1. The van der Waals surface area contributed by atoms with Gasteiger partial charge in [0.1, 0.15) is 0 Å². The van der Waals surface area contributed by atoms with Crippen LogP contribution in [0.25, 0.3) is 0 Å². The lowest BCUT2D eigenvalue weighted by Gasteiger charge is -2.04. The third kappa shape index (κ3) is 2.69. The Morgan fingerprint density at radius 1 is 1.46 bits per heavy atom. The van der Waals surface area contributed by atoms with Crippen LogP contribution in [0.1, 0.15) is 5.56 Å². The van der Waals surface area contributed by atoms with Crippen molar-refractivity contribution in [1.29, 1.82) is 0 Å². The van der Waals surface area contributed by atoms with Crippen molar-refractivity contribution in [2.75, 3.05) is 6.26 Å². The molecule has 0 aromatic heterocycles. The molecule has 0 aliphatic rings. The molecule has 1 aromatic carbocycles. The van der Waals surface area contributed by atoms with Gasteiger partial charge in [0, 0.05) is 16.6 Å². The Morgan fingerprint density at radius 3 is 2.54 bits per heavy atom. The first kappa shape index (κ1) is 11.0. The van der Waals surface area contributed by atoms with Gasteiger partial charge in [-0.3, -0.25) is 0 Å². The fourth-order valence-corrected chi connectivity index (χ4v) is 2.85. The molecule has 0 N–H and O–H groups in total. The lowest BCUT2D eigenvalue weighted by molar-refractivity contribution is 0.601. The average Bonchev–Trinajstić information content (AvgIpc) is 2.03. The Hall–Kier alpha value is -0.0600. The number of benzene rings is 1. The average molecular weight is 284 g/mol. The van der Waals surface area contributed by atoms with Crippen LogP contribution >= 0.6 is 27.5 Å². The molecule has 2 nitrogen and oxygen atoms in total. The molecule has 1 rings (SSSR count). The minimum absolute atomic E-state index is 0.289. The fraction of sp³-hybridized carbons (Fsp3) is 0.250. The van der Waals surface area contributed by atoms with Gasteiger partial charge >= 0.3 is 0 Å². The Labute approximate surface area is 91.0 Å². The number of sulfone groups is 1. The van der Waals surface area contributed by atoms with Crippen LogP contribution in [-0.2, 0) is 15.2 Å². The van der Waals surface area contributed by atoms with Crippen molar-refractivity contribution in [1.82, 2.24) is 0 Å². The van der Waals surface area contributed by atoms with Crippen LogP contribution in [0.3, 0.4) is 0 Å². The highest BCUT2D eigenvalue weighted by Crippen LogP contribution is 2.22. The van der Waals surface area contributed by atoms with E-state index in [-0.39, 0.29) is 4.90 Å². The van der Waals surface area contributed by atoms with Crippen molar-refractivity contribution in [3.8, 4) is 0 Å². The molecule has 72 valence electrons. The highest BCUT2D eigenvalue weighted by atomic mass is 79.9. The van der Waals surface area contributed by atoms with Crippen LogP contribution in [0, 0.1) is 0 Å². The standard InChI is InChI=1S/C8H8BrClO2S/c1-13(11,12)8-4-7(10)3-2-6(8)5-9/h2-4H,5H2,1H3. The van der Waals surface area contributed by atoms with E-state index in [4.69, 9.17) is 11.6 Å². The molecule has 0 aliphatic carbocycles. The van der Waals surface area contributed by atoms with E-state index in [1.165, 1.54) is 12.3 Å². The van der Waals surface area contributed by atoms with Gasteiger partial charge in [0.05, 0.1) is 4.90 Å². The number of hydrogen-bond donors (Lipinski definition) is 0. The first-order chi connectivity index (χ1) is 5.95. The molecule has 0 atom stereocenters. The highest BCUT2D eigenvalue weighted by molar-refractivity contribution is 9.08. The fourth-order valence-electron chi connectivity index (χ4n) is 0.984. The Balaban J connectivity index is 3.41. The predicted molar refractivity (Wildman–Crippen MR) is 57.2 cm³/mol. The molecule has 0 bridgehead atoms. The second kappa shape index (κ2) is 3.98. The van der Waals surface area contributed by atoms with Gasteiger partial charge in [-0.1, -0.05) is 33.6 Å². The van der Waals surface area contributed by atoms with Crippen LogP contribution in [0.4, 0.5) is 0 Å². The molecule has 5 heteroatoms. The molecule has 0 saturated carbocycles. The maximum Gasteiger partial charge on any atom is 0.175 e. The van der Waals surface area contributed by atoms with E-state index < -0.39 is 9.84 Å². The minimum Gasteiger partial charge on any atom is -0.224 e. The summed E-state index contributed by atoms with van der Waals surface area (Å²) in [6.07, 6.45) is 1.17. The molecule has 0 spiro atoms. The van der Waals surface area contributed by atoms with Crippen molar-refractivity contribution in [2.24, 2.45) is 0 Å². The van der Waals surface area contributed by atoms with Gasteiger partial charge < -0.3 is 0 Å². The van der Waals surface area contributed by atoms with Crippen molar-refractivity contribution in [3.05, 3.63) is 28.8 Å². The van der Waals surface area contributed by atoms with E-state index in [2.05, 4.69) is 15.9 Å². The summed E-state index contributed by atoms with van der Waals surface area (Å²) in [6.45, 7) is 0. The van der Waals surface area contributed by atoms with Gasteiger partial charge in [-0.05, 0) is 17.7 Å². The van der Waals surface area contributed by atoms with Crippen LogP contribution < -0.4 is 0 Å². The third-order valence-corrected chi connectivity index (χ3v) is 3.59. The summed E-state index contributed by atoms with van der Waals surface area (Å²) in [4.78, 5) is 0.289. The van der Waals surface area contributed by atoms with E-state index in [1.54, 1.807) is 12.1 Å². The number of hydrogen-bond acceptors (Lipinski definition) is 2. The molecule has 0 saturated heterocycles. The topological polar surface area (TPSA) is 34.1 Å². The second-order valence-electron chi connectivity index (χ2n) is 2.66. The number of rotatable bonds is 2. The van der Waals surface area contributed by atoms with Gasteiger partial charge in [-0.2, -0.15) is 0 Å². The van der Waals surface area contributed by atoms with E-state index in [0.717, 1.165) is 5.56 Å². The summed E-state index contributed by atoms with van der Waals surface area (Å²) in [5, 5.41) is 0.942. The summed E-state index contributed by atoms with van der Waals surface area (Å²) in [7, 11) is -3.18. The van der Waals surface area contributed by atoms with Crippen molar-refractivity contribution in [2.45, 2.75) is 10.2 Å². The van der Waals surface area contributed by atoms with E-state index >= 15 is 0 Å². The molecular formula is C8H8BrClO2S. The summed E-state index contributed by atoms with van der Waals surface area (Å²) in [6, 6.07) is 4.84. The van der Waals surface area contributed by atoms with Crippen LogP contribution in [0.5, 0.6) is 0 Å². The lowest BCUT2D eigenvalue weighted by atomic mass is 10.2. The highest BCUT2D eigenvalue weighted by Gasteiger charge is 2.12. The Morgan fingerprint density at radius 2 is 2.08 bits per heavy atom. The molecular weight excluding hydrogens is 276 g/mol. The normalized spacial score (nSPS) is 11.6. The zero-order valence-electron chi connectivity index (χ0n) is 6.92. The monoisotopic (exact) mass is 282 g/mol. The van der Waals surface area contributed by atoms with Gasteiger partial charge in [0.25, 0.3) is 0 Å². The summed E-state index contributed by atoms with van der Waals surface area (Å²) in [5.74, 6) is 0. The Bertz CT molecular complexity index is 414. The minimum atomic E-state index is -3.18. The molecule has 0 heterocycles. The molecule has 0 aliphatic heterocycles. The SMILES string of the molecule is CS(=O)(=O)c1cc(Cl)ccc1CBr. The largest absolute Gasteiger partial charge is 0.224 e. The predicted octanol–water partition coefficient (Wildman–Crippen LogP) is 2.64. The first-order valence-electron chi connectivity index (χ1n) is 3.49. The summed E-state index contributed by atoms with van der Waals surface area (Å²) >= 11 is 8.92. The molecule has 1 aromatic rings. The van der Waals surface area contributed by atoms with Crippen molar-refractivity contribution in [3.63, 3.8) is 0 Å². The van der Waals surface area contributed by atoms with Crippen LogP contribution in [0.2, 0.25) is 5.02 Å². The van der Waals surface area contributed by atoms with Crippen LogP contribution in [0.15, 0.2) is 23.1 Å². The number of halogens is 2. The zero-order valence-corrected chi connectivity index (χ0v) is 10.1. The lowest BCUT2D eigenvalue weighted by Crippen LogP contribution is -2.00. The van der Waals surface area contributed by atoms with Crippen molar-refractivity contribution < 1.29 is 8.42 Å². The summed E-state index contributed by atoms with van der Waals surface area (Å²) in [5.41, 5.74) is 0.729. The third-order valence-electron chi connectivity index (χ3n) is 1.57. The molecule has 13 heavy (non-hydrogen) atoms. The van der Waals surface area contributed by atoms with Gasteiger partial charge in [0.2, 0.25) is 0 Å². The van der Waals surface area contributed by atoms with E-state index in [0.29, 0.717) is 10.4 Å². The maximum atomic E-state index is 11.3. The smallest absolute Gasteiger partial charge is 0.175 e. The molecule has 0 unspecified atom stereocenters. The first-order valence-corrected chi connectivity index (χ1v) is 6.88. The summed E-state index contributed by atoms with van der Waals surface area (Å²) < 4.78 is 22.6. The van der Waals surface area contributed by atoms with E-state index in [9.17, 15) is 8.42 Å². The maximum absolute atomic E-state index is 11.3. The molecule has 0 radical (unpaired) electrons. The van der Waals surface area contributed by atoms with Gasteiger partial charge in [-0.25, -0.2) is 8.42 Å². The molecule has 0 amide bonds. The second-order valence-corrected chi connectivity index (χ2v) is 5.64. The van der Waals surface area contributed by atoms with Gasteiger partial charge in [-0.15, -0.1) is 0 Å². The van der Waals surface area contributed by atoms with E-state index in [1.807, 2.05) is 0 Å².